The van der Waals surface area contributed by atoms with Crippen LogP contribution in [0.25, 0.3) is 0 Å². The Labute approximate surface area is 151 Å². The van der Waals surface area contributed by atoms with Crippen LogP contribution < -0.4 is 4.74 Å². The molecule has 9 heteroatoms. The average molecular weight is 387 g/mol. The van der Waals surface area contributed by atoms with E-state index in [1.807, 2.05) is 0 Å². The Morgan fingerprint density at radius 3 is 2.48 bits per heavy atom. The van der Waals surface area contributed by atoms with Crippen molar-refractivity contribution in [2.75, 3.05) is 31.2 Å². The molecule has 2 saturated heterocycles. The predicted octanol–water partition coefficient (Wildman–Crippen LogP) is 0.575. The molecule has 0 N–H and O–H groups in total. The molecule has 0 spiro atoms. The fourth-order valence-corrected chi connectivity index (χ4v) is 5.60. The second-order valence-corrected chi connectivity index (χ2v) is 8.85. The minimum Gasteiger partial charge on any atom is -0.484 e. The minimum atomic E-state index is -3.28. The van der Waals surface area contributed by atoms with Crippen molar-refractivity contribution >= 4 is 33.3 Å². The zero-order valence-corrected chi connectivity index (χ0v) is 15.3. The Balaban J connectivity index is 1.71. The van der Waals surface area contributed by atoms with Gasteiger partial charge in [-0.15, -0.1) is 0 Å². The van der Waals surface area contributed by atoms with Gasteiger partial charge in [-0.25, -0.2) is 8.42 Å². The molecule has 2 atom stereocenters. The summed E-state index contributed by atoms with van der Waals surface area (Å²) < 4.78 is 29.5. The van der Waals surface area contributed by atoms with Gasteiger partial charge in [-0.2, -0.15) is 0 Å². The topological polar surface area (TPSA) is 84.0 Å². The molecule has 0 saturated carbocycles. The third kappa shape index (κ3) is 3.90. The minimum absolute atomic E-state index is 0.101. The molecule has 0 radical (unpaired) electrons. The first kappa shape index (κ1) is 18.0. The van der Waals surface area contributed by atoms with Gasteiger partial charge in [0.25, 0.3) is 5.91 Å². The Hall–Kier alpha value is -1.80. The van der Waals surface area contributed by atoms with Gasteiger partial charge in [-0.3, -0.25) is 9.59 Å². The summed E-state index contributed by atoms with van der Waals surface area (Å²) in [5.74, 6) is -0.218. The van der Waals surface area contributed by atoms with Crippen LogP contribution in [-0.4, -0.2) is 73.3 Å². The van der Waals surface area contributed by atoms with E-state index in [4.69, 9.17) is 16.3 Å². The molecular weight excluding hydrogens is 368 g/mol. The highest BCUT2D eigenvalue weighted by atomic mass is 35.5. The number of rotatable bonds is 3. The molecule has 25 heavy (non-hydrogen) atoms. The average Bonchev–Trinajstić information content (AvgIpc) is 2.86. The van der Waals surface area contributed by atoms with Crippen LogP contribution in [0.1, 0.15) is 6.92 Å². The molecule has 2 heterocycles. The molecule has 7 nitrogen and oxygen atoms in total. The summed E-state index contributed by atoms with van der Waals surface area (Å²) in [6, 6.07) is 5.71. The number of carbonyl (C=O) groups is 2. The van der Waals surface area contributed by atoms with E-state index in [2.05, 4.69) is 0 Å². The lowest BCUT2D eigenvalue weighted by Crippen LogP contribution is -2.62. The largest absolute Gasteiger partial charge is 0.484 e. The molecule has 1 aromatic rings. The maximum absolute atomic E-state index is 12.6. The normalized spacial score (nSPS) is 24.7. The van der Waals surface area contributed by atoms with E-state index in [9.17, 15) is 18.0 Å². The third-order valence-electron chi connectivity index (χ3n) is 4.56. The summed E-state index contributed by atoms with van der Waals surface area (Å²) in [6.45, 7) is 1.84. The number of hydrogen-bond donors (Lipinski definition) is 0. The van der Waals surface area contributed by atoms with Gasteiger partial charge < -0.3 is 14.5 Å². The van der Waals surface area contributed by atoms with Crippen molar-refractivity contribution in [3.8, 4) is 5.75 Å². The first-order valence-electron chi connectivity index (χ1n) is 7.92. The van der Waals surface area contributed by atoms with Crippen LogP contribution in [0.5, 0.6) is 5.75 Å². The van der Waals surface area contributed by atoms with Crippen molar-refractivity contribution in [2.45, 2.75) is 19.0 Å². The molecule has 0 aromatic heterocycles. The number of sulfone groups is 1. The second-order valence-electron chi connectivity index (χ2n) is 6.26. The molecule has 0 aliphatic carbocycles. The number of carbonyl (C=O) groups excluding carboxylic acids is 2. The van der Waals surface area contributed by atoms with Gasteiger partial charge >= 0.3 is 0 Å². The van der Waals surface area contributed by atoms with Crippen LogP contribution in [0.15, 0.2) is 24.3 Å². The monoisotopic (exact) mass is 386 g/mol. The molecule has 1 aromatic carbocycles. The molecule has 136 valence electrons. The van der Waals surface area contributed by atoms with E-state index < -0.39 is 21.9 Å². The fourth-order valence-electron chi connectivity index (χ4n) is 3.44. The van der Waals surface area contributed by atoms with Gasteiger partial charge in [0.1, 0.15) is 5.75 Å². The summed E-state index contributed by atoms with van der Waals surface area (Å²) in [7, 11) is -3.28. The van der Waals surface area contributed by atoms with Gasteiger partial charge in [-0.1, -0.05) is 17.7 Å². The van der Waals surface area contributed by atoms with Crippen LogP contribution >= 0.6 is 11.6 Å². The summed E-state index contributed by atoms with van der Waals surface area (Å²) in [6.07, 6.45) is 0. The number of hydrogen-bond acceptors (Lipinski definition) is 5. The highest BCUT2D eigenvalue weighted by Gasteiger charge is 2.48. The maximum atomic E-state index is 12.6. The van der Waals surface area contributed by atoms with E-state index in [1.165, 1.54) is 11.8 Å². The first-order chi connectivity index (χ1) is 11.8. The lowest BCUT2D eigenvalue weighted by atomic mass is 10.0. The van der Waals surface area contributed by atoms with Crippen LogP contribution in [-0.2, 0) is 19.4 Å². The van der Waals surface area contributed by atoms with E-state index in [-0.39, 0.29) is 29.9 Å². The number of halogens is 1. The lowest BCUT2D eigenvalue weighted by Gasteiger charge is -2.43. The van der Waals surface area contributed by atoms with Gasteiger partial charge in [-0.05, 0) is 18.2 Å². The predicted molar refractivity (Wildman–Crippen MR) is 92.3 cm³/mol. The van der Waals surface area contributed by atoms with Gasteiger partial charge in [0.2, 0.25) is 5.91 Å². The molecule has 2 fully saturated rings. The van der Waals surface area contributed by atoms with Crippen LogP contribution in [0.4, 0.5) is 0 Å². The number of benzene rings is 1. The van der Waals surface area contributed by atoms with Crippen LogP contribution in [0, 0.1) is 0 Å². The zero-order valence-electron chi connectivity index (χ0n) is 13.7. The van der Waals surface area contributed by atoms with E-state index in [1.54, 1.807) is 29.2 Å². The Kier molecular flexibility index (Phi) is 4.92. The van der Waals surface area contributed by atoms with Crippen LogP contribution in [0.3, 0.4) is 0 Å². The Bertz CT molecular complexity index is 797. The SMILES string of the molecule is CC(=O)N1CCN(C(=O)COc2cccc(Cl)c2)[C@@H]2CS(=O)(=O)C[C@@H]21. The van der Waals surface area contributed by atoms with Crippen molar-refractivity contribution in [1.82, 2.24) is 9.80 Å². The standard InChI is InChI=1S/C16H19ClN2O5S/c1-11(20)18-5-6-19(15-10-25(22,23)9-14(15)18)16(21)8-24-13-4-2-3-12(17)7-13/h2-4,7,14-15H,5-6,8-10H2,1H3/t14-,15+/m0/s1. The Morgan fingerprint density at radius 2 is 1.84 bits per heavy atom. The van der Waals surface area contributed by atoms with Crippen LogP contribution in [0.2, 0.25) is 5.02 Å². The number of amides is 2. The number of fused-ring (bicyclic) bond motifs is 1. The van der Waals surface area contributed by atoms with Gasteiger partial charge in [0, 0.05) is 25.0 Å². The van der Waals surface area contributed by atoms with E-state index in [0.717, 1.165) is 0 Å². The third-order valence-corrected chi connectivity index (χ3v) is 6.49. The second kappa shape index (κ2) is 6.84. The van der Waals surface area contributed by atoms with Crippen molar-refractivity contribution in [1.29, 1.82) is 0 Å². The highest BCUT2D eigenvalue weighted by molar-refractivity contribution is 7.91. The van der Waals surface area contributed by atoms with E-state index >= 15 is 0 Å². The molecular formula is C16H19ClN2O5S. The smallest absolute Gasteiger partial charge is 0.260 e. The zero-order chi connectivity index (χ0) is 18.2. The Morgan fingerprint density at radius 1 is 1.20 bits per heavy atom. The molecule has 0 bridgehead atoms. The summed E-state index contributed by atoms with van der Waals surface area (Å²) >= 11 is 5.88. The highest BCUT2D eigenvalue weighted by Crippen LogP contribution is 2.27. The summed E-state index contributed by atoms with van der Waals surface area (Å²) in [5.41, 5.74) is 0. The maximum Gasteiger partial charge on any atom is 0.260 e. The van der Waals surface area contributed by atoms with Crippen molar-refractivity contribution in [3.05, 3.63) is 29.3 Å². The molecule has 2 aliphatic heterocycles. The fraction of sp³-hybridized carbons (Fsp3) is 0.500. The quantitative estimate of drug-likeness (QED) is 0.758. The summed E-state index contributed by atoms with van der Waals surface area (Å²) in [5, 5.41) is 0.502. The lowest BCUT2D eigenvalue weighted by molar-refractivity contribution is -0.145. The first-order valence-corrected chi connectivity index (χ1v) is 10.1. The summed E-state index contributed by atoms with van der Waals surface area (Å²) in [4.78, 5) is 27.4. The van der Waals surface area contributed by atoms with Crippen molar-refractivity contribution < 1.29 is 22.7 Å². The van der Waals surface area contributed by atoms with Gasteiger partial charge in [0.15, 0.2) is 16.4 Å². The molecule has 0 unspecified atom stereocenters. The number of nitrogens with zero attached hydrogens (tertiary/aromatic N) is 2. The van der Waals surface area contributed by atoms with Crippen molar-refractivity contribution in [2.24, 2.45) is 0 Å². The number of ether oxygens (including phenoxy) is 1. The van der Waals surface area contributed by atoms with E-state index in [0.29, 0.717) is 23.9 Å². The van der Waals surface area contributed by atoms with Gasteiger partial charge in [0.05, 0.1) is 23.6 Å². The molecule has 2 amide bonds. The molecule has 2 aliphatic rings. The number of piperazine rings is 1. The molecule has 3 rings (SSSR count). The van der Waals surface area contributed by atoms with Crippen molar-refractivity contribution in [3.63, 3.8) is 0 Å².